The average molecular weight is 489 g/mol. The molecule has 0 saturated heterocycles. The maximum atomic E-state index is 13.2. The highest BCUT2D eigenvalue weighted by molar-refractivity contribution is 8.00. The van der Waals surface area contributed by atoms with E-state index in [1.165, 1.54) is 24.4 Å². The van der Waals surface area contributed by atoms with Gasteiger partial charge >= 0.3 is 5.97 Å². The number of methoxy groups -OCH3 is 1. The zero-order chi connectivity index (χ0) is 25.2. The minimum atomic E-state index is -0.461. The van der Waals surface area contributed by atoms with Crippen LogP contribution in [0.5, 0.6) is 0 Å². The van der Waals surface area contributed by atoms with Crippen LogP contribution in [0.3, 0.4) is 0 Å². The minimum absolute atomic E-state index is 0.115. The number of benzene rings is 3. The van der Waals surface area contributed by atoms with Crippen LogP contribution in [-0.4, -0.2) is 30.6 Å². The van der Waals surface area contributed by atoms with E-state index in [1.807, 2.05) is 36.4 Å². The van der Waals surface area contributed by atoms with Crippen LogP contribution >= 0.6 is 11.8 Å². The summed E-state index contributed by atoms with van der Waals surface area (Å²) in [6.45, 7) is 4.22. The number of hydrogen-bond donors (Lipinski definition) is 2. The Kier molecular flexibility index (Phi) is 9.26. The van der Waals surface area contributed by atoms with Gasteiger partial charge in [0.25, 0.3) is 11.8 Å². The smallest absolute Gasteiger partial charge is 0.315 e. The minimum Gasteiger partial charge on any atom is -0.468 e. The summed E-state index contributed by atoms with van der Waals surface area (Å²) in [7, 11) is 1.34. The van der Waals surface area contributed by atoms with Gasteiger partial charge in [-0.25, -0.2) is 0 Å². The second kappa shape index (κ2) is 12.6. The highest BCUT2D eigenvalue weighted by Gasteiger charge is 2.15. The number of anilines is 1. The molecule has 0 bridgehead atoms. The first-order chi connectivity index (χ1) is 16.9. The van der Waals surface area contributed by atoms with E-state index in [1.54, 1.807) is 48.5 Å². The van der Waals surface area contributed by atoms with Crippen molar-refractivity contribution in [3.8, 4) is 0 Å². The van der Waals surface area contributed by atoms with Crippen molar-refractivity contribution >= 4 is 41.3 Å². The zero-order valence-electron chi connectivity index (χ0n) is 19.9. The number of carbonyl (C=O) groups is 3. The summed E-state index contributed by atoms with van der Waals surface area (Å²) in [4.78, 5) is 38.2. The van der Waals surface area contributed by atoms with Gasteiger partial charge in [0.2, 0.25) is 0 Å². The van der Waals surface area contributed by atoms with Crippen molar-refractivity contribution < 1.29 is 19.1 Å². The van der Waals surface area contributed by atoms with Crippen LogP contribution in [0.2, 0.25) is 0 Å². The van der Waals surface area contributed by atoms with Crippen LogP contribution in [0.1, 0.15) is 41.3 Å². The topological polar surface area (TPSA) is 84.5 Å². The lowest BCUT2D eigenvalue weighted by Gasteiger charge is -2.12. The number of hydrogen-bond acceptors (Lipinski definition) is 5. The zero-order valence-corrected chi connectivity index (χ0v) is 20.7. The first kappa shape index (κ1) is 25.8. The molecule has 0 aromatic heterocycles. The lowest BCUT2D eigenvalue weighted by atomic mass is 10.0. The molecule has 3 aromatic rings. The molecule has 2 N–H and O–H groups in total. The molecule has 7 heteroatoms. The Bertz CT molecular complexity index is 1210. The Balaban J connectivity index is 1.83. The molecule has 0 aliphatic rings. The van der Waals surface area contributed by atoms with Crippen LogP contribution < -0.4 is 10.6 Å². The van der Waals surface area contributed by atoms with Gasteiger partial charge in [0.15, 0.2) is 0 Å². The Morgan fingerprint density at radius 2 is 1.66 bits per heavy atom. The highest BCUT2D eigenvalue weighted by atomic mass is 32.2. The molecule has 6 nitrogen and oxygen atoms in total. The summed E-state index contributed by atoms with van der Waals surface area (Å²) in [5.41, 5.74) is 3.07. The van der Waals surface area contributed by atoms with Gasteiger partial charge in [0.1, 0.15) is 5.70 Å². The molecule has 0 aliphatic heterocycles. The van der Waals surface area contributed by atoms with Gasteiger partial charge in [-0.1, -0.05) is 62.4 Å². The van der Waals surface area contributed by atoms with Crippen molar-refractivity contribution in [1.29, 1.82) is 0 Å². The molecular weight excluding hydrogens is 460 g/mol. The van der Waals surface area contributed by atoms with E-state index in [9.17, 15) is 14.4 Å². The molecule has 0 heterocycles. The third-order valence-electron chi connectivity index (χ3n) is 5.12. The van der Waals surface area contributed by atoms with Crippen LogP contribution in [0.25, 0.3) is 6.08 Å². The maximum Gasteiger partial charge on any atom is 0.315 e. The summed E-state index contributed by atoms with van der Waals surface area (Å²) in [6, 6.07) is 23.7. The van der Waals surface area contributed by atoms with Crippen molar-refractivity contribution in [2.24, 2.45) is 0 Å². The van der Waals surface area contributed by atoms with Gasteiger partial charge in [-0.3, -0.25) is 14.4 Å². The molecule has 35 heavy (non-hydrogen) atoms. The molecule has 3 aromatic carbocycles. The Morgan fingerprint density at radius 3 is 2.31 bits per heavy atom. The Morgan fingerprint density at radius 1 is 0.943 bits per heavy atom. The molecule has 0 unspecified atom stereocenters. The van der Waals surface area contributed by atoms with E-state index < -0.39 is 5.91 Å². The van der Waals surface area contributed by atoms with Crippen molar-refractivity contribution in [2.75, 3.05) is 18.2 Å². The molecule has 0 aliphatic carbocycles. The number of esters is 1. The predicted molar refractivity (Wildman–Crippen MR) is 140 cm³/mol. The summed E-state index contributed by atoms with van der Waals surface area (Å²) >= 11 is 1.31. The SMILES string of the molecule is COC(=O)CSc1cccc(NC(=O)/C(=C\c2ccc(C(C)C)cc2)NC(=O)c2ccccc2)c1. The molecular formula is C28H28N2O4S. The molecule has 180 valence electrons. The predicted octanol–water partition coefficient (Wildman–Crippen LogP) is 5.48. The number of carbonyl (C=O) groups excluding carboxylic acids is 3. The molecule has 0 fully saturated rings. The van der Waals surface area contributed by atoms with E-state index in [2.05, 4.69) is 29.2 Å². The van der Waals surface area contributed by atoms with E-state index in [-0.39, 0.29) is 23.3 Å². The first-order valence-electron chi connectivity index (χ1n) is 11.1. The van der Waals surface area contributed by atoms with Crippen molar-refractivity contribution in [3.05, 3.63) is 101 Å². The van der Waals surface area contributed by atoms with E-state index in [0.29, 0.717) is 17.2 Å². The van der Waals surface area contributed by atoms with Gasteiger partial charge in [-0.05, 0) is 53.5 Å². The summed E-state index contributed by atoms with van der Waals surface area (Å²) < 4.78 is 4.67. The van der Waals surface area contributed by atoms with Gasteiger partial charge in [0, 0.05) is 16.1 Å². The third kappa shape index (κ3) is 7.86. The molecule has 2 amide bonds. The van der Waals surface area contributed by atoms with Crippen LogP contribution in [-0.2, 0) is 14.3 Å². The van der Waals surface area contributed by atoms with Crippen LogP contribution in [0.4, 0.5) is 5.69 Å². The van der Waals surface area contributed by atoms with E-state index in [4.69, 9.17) is 0 Å². The Hall–Kier alpha value is -3.84. The van der Waals surface area contributed by atoms with E-state index in [0.717, 1.165) is 10.5 Å². The van der Waals surface area contributed by atoms with Gasteiger partial charge in [-0.2, -0.15) is 0 Å². The highest BCUT2D eigenvalue weighted by Crippen LogP contribution is 2.22. The summed E-state index contributed by atoms with van der Waals surface area (Å²) in [5.74, 6) is -0.622. The van der Waals surface area contributed by atoms with Gasteiger partial charge < -0.3 is 15.4 Å². The monoisotopic (exact) mass is 488 g/mol. The first-order valence-corrected chi connectivity index (χ1v) is 12.1. The fourth-order valence-electron chi connectivity index (χ4n) is 3.15. The molecule has 0 spiro atoms. The van der Waals surface area contributed by atoms with Crippen molar-refractivity contribution in [1.82, 2.24) is 5.32 Å². The molecule has 0 radical (unpaired) electrons. The summed E-state index contributed by atoms with van der Waals surface area (Å²) in [6.07, 6.45) is 1.65. The van der Waals surface area contributed by atoms with Crippen LogP contribution in [0, 0.1) is 0 Å². The third-order valence-corrected chi connectivity index (χ3v) is 6.09. The van der Waals surface area contributed by atoms with E-state index >= 15 is 0 Å². The fourth-order valence-corrected chi connectivity index (χ4v) is 3.94. The van der Waals surface area contributed by atoms with Gasteiger partial charge in [0.05, 0.1) is 12.9 Å². The lowest BCUT2D eigenvalue weighted by molar-refractivity contribution is -0.137. The number of ether oxygens (including phenoxy) is 1. The quantitative estimate of drug-likeness (QED) is 0.237. The van der Waals surface area contributed by atoms with Crippen molar-refractivity contribution in [2.45, 2.75) is 24.7 Å². The number of thioether (sulfide) groups is 1. The average Bonchev–Trinajstić information content (AvgIpc) is 2.87. The maximum absolute atomic E-state index is 13.2. The Labute approximate surface area is 209 Å². The second-order valence-electron chi connectivity index (χ2n) is 8.05. The van der Waals surface area contributed by atoms with Crippen molar-refractivity contribution in [3.63, 3.8) is 0 Å². The normalized spacial score (nSPS) is 11.1. The number of rotatable bonds is 9. The molecule has 3 rings (SSSR count). The second-order valence-corrected chi connectivity index (χ2v) is 9.10. The molecule has 0 saturated carbocycles. The number of nitrogens with one attached hydrogen (secondary N) is 2. The van der Waals surface area contributed by atoms with Gasteiger partial charge in [-0.15, -0.1) is 11.8 Å². The largest absolute Gasteiger partial charge is 0.468 e. The standard InChI is InChI=1S/C28H28N2O4S/c1-19(2)21-14-12-20(13-15-21)16-25(30-27(32)22-8-5-4-6-9-22)28(33)29-23-10-7-11-24(17-23)35-18-26(31)34-3/h4-17,19H,18H2,1-3H3,(H,29,33)(H,30,32)/b25-16+. The fraction of sp³-hybridized carbons (Fsp3) is 0.179. The lowest BCUT2D eigenvalue weighted by Crippen LogP contribution is -2.30. The molecule has 0 atom stereocenters. The number of amides is 2. The van der Waals surface area contributed by atoms with Crippen LogP contribution in [0.15, 0.2) is 89.5 Å². The summed E-state index contributed by atoms with van der Waals surface area (Å²) in [5, 5.41) is 5.58.